The molecule has 12 heavy (non-hydrogen) atoms. The number of amidine groups is 1. The summed E-state index contributed by atoms with van der Waals surface area (Å²) in [6.45, 7) is 0. The summed E-state index contributed by atoms with van der Waals surface area (Å²) in [5, 5.41) is 3.93. The molecule has 1 aromatic carbocycles. The SMILES string of the molecule is N/N=C(/N)c1ccc(Br)c(Cl)c1. The van der Waals surface area contributed by atoms with Gasteiger partial charge in [0.2, 0.25) is 0 Å². The maximum absolute atomic E-state index is 5.82. The molecule has 1 rings (SSSR count). The van der Waals surface area contributed by atoms with Crippen LogP contribution in [0.2, 0.25) is 5.02 Å². The summed E-state index contributed by atoms with van der Waals surface area (Å²) in [6.07, 6.45) is 0. The van der Waals surface area contributed by atoms with Gasteiger partial charge < -0.3 is 11.6 Å². The van der Waals surface area contributed by atoms with Gasteiger partial charge in [-0.15, -0.1) is 0 Å². The number of nitrogens with two attached hydrogens (primary N) is 2. The predicted octanol–water partition coefficient (Wildman–Crippen LogP) is 1.68. The minimum Gasteiger partial charge on any atom is -0.382 e. The number of hydrogen-bond donors (Lipinski definition) is 2. The zero-order valence-corrected chi connectivity index (χ0v) is 8.43. The first-order valence-corrected chi connectivity index (χ1v) is 4.31. The van der Waals surface area contributed by atoms with Crippen molar-refractivity contribution in [1.29, 1.82) is 0 Å². The van der Waals surface area contributed by atoms with Crippen LogP contribution in [0.1, 0.15) is 5.56 Å². The molecule has 0 atom stereocenters. The van der Waals surface area contributed by atoms with Crippen LogP contribution in [0.3, 0.4) is 0 Å². The Labute approximate surface area is 83.5 Å². The van der Waals surface area contributed by atoms with E-state index in [1.54, 1.807) is 18.2 Å². The molecule has 3 nitrogen and oxygen atoms in total. The summed E-state index contributed by atoms with van der Waals surface area (Å²) < 4.78 is 0.817. The Morgan fingerprint density at radius 3 is 2.67 bits per heavy atom. The van der Waals surface area contributed by atoms with Crippen LogP contribution >= 0.6 is 27.5 Å². The van der Waals surface area contributed by atoms with E-state index < -0.39 is 0 Å². The van der Waals surface area contributed by atoms with Crippen molar-refractivity contribution in [2.45, 2.75) is 0 Å². The van der Waals surface area contributed by atoms with E-state index in [2.05, 4.69) is 21.0 Å². The third kappa shape index (κ3) is 1.89. The number of hydrazone groups is 1. The first-order valence-electron chi connectivity index (χ1n) is 3.14. The molecular formula is C7H7BrClN3. The van der Waals surface area contributed by atoms with Gasteiger partial charge in [-0.05, 0) is 34.1 Å². The van der Waals surface area contributed by atoms with Crippen molar-refractivity contribution in [1.82, 2.24) is 0 Å². The van der Waals surface area contributed by atoms with Crippen molar-refractivity contribution in [3.05, 3.63) is 33.3 Å². The second-order valence-corrected chi connectivity index (χ2v) is 3.40. The normalized spacial score (nSPS) is 11.7. The fourth-order valence-electron chi connectivity index (χ4n) is 0.730. The van der Waals surface area contributed by atoms with E-state index in [1.807, 2.05) is 0 Å². The summed E-state index contributed by atoms with van der Waals surface area (Å²) in [5.41, 5.74) is 6.18. The molecule has 0 heterocycles. The van der Waals surface area contributed by atoms with Gasteiger partial charge in [0, 0.05) is 10.0 Å². The lowest BCUT2D eigenvalue weighted by Crippen LogP contribution is -2.15. The van der Waals surface area contributed by atoms with Gasteiger partial charge in [-0.25, -0.2) is 0 Å². The van der Waals surface area contributed by atoms with Gasteiger partial charge in [-0.3, -0.25) is 0 Å². The van der Waals surface area contributed by atoms with Crippen molar-refractivity contribution in [3.8, 4) is 0 Å². The van der Waals surface area contributed by atoms with Crippen molar-refractivity contribution < 1.29 is 0 Å². The molecule has 0 bridgehead atoms. The molecule has 0 aromatic heterocycles. The number of nitrogens with zero attached hydrogens (tertiary/aromatic N) is 1. The smallest absolute Gasteiger partial charge is 0.150 e. The van der Waals surface area contributed by atoms with Crippen LogP contribution in [0.15, 0.2) is 27.8 Å². The summed E-state index contributed by atoms with van der Waals surface area (Å²) in [4.78, 5) is 0. The van der Waals surface area contributed by atoms with Crippen molar-refractivity contribution in [2.24, 2.45) is 16.7 Å². The standard InChI is InChI=1S/C7H7BrClN3/c8-5-2-1-4(3-6(5)9)7(10)12-11/h1-3H,11H2,(H2,10,12). The fourth-order valence-corrected chi connectivity index (χ4v) is 1.16. The highest BCUT2D eigenvalue weighted by Gasteiger charge is 2.01. The Morgan fingerprint density at radius 1 is 1.50 bits per heavy atom. The zero-order chi connectivity index (χ0) is 9.14. The van der Waals surface area contributed by atoms with E-state index >= 15 is 0 Å². The van der Waals surface area contributed by atoms with Gasteiger partial charge in [0.25, 0.3) is 0 Å². The quantitative estimate of drug-likeness (QED) is 0.344. The van der Waals surface area contributed by atoms with Crippen molar-refractivity contribution in [2.75, 3.05) is 0 Å². The van der Waals surface area contributed by atoms with E-state index in [9.17, 15) is 0 Å². The van der Waals surface area contributed by atoms with Gasteiger partial charge in [-0.1, -0.05) is 11.6 Å². The summed E-state index contributed by atoms with van der Waals surface area (Å²) in [7, 11) is 0. The average molecular weight is 249 g/mol. The summed E-state index contributed by atoms with van der Waals surface area (Å²) >= 11 is 9.07. The van der Waals surface area contributed by atoms with Crippen LogP contribution in [0, 0.1) is 0 Å². The van der Waals surface area contributed by atoms with E-state index in [4.69, 9.17) is 23.2 Å². The Kier molecular flexibility index (Phi) is 2.94. The Balaban J connectivity index is 3.13. The molecule has 0 fully saturated rings. The van der Waals surface area contributed by atoms with E-state index in [1.165, 1.54) is 0 Å². The average Bonchev–Trinajstić information content (AvgIpc) is 2.08. The van der Waals surface area contributed by atoms with Gasteiger partial charge >= 0.3 is 0 Å². The molecule has 0 amide bonds. The molecule has 0 aliphatic carbocycles. The number of halogens is 2. The first-order chi connectivity index (χ1) is 5.65. The second kappa shape index (κ2) is 3.78. The van der Waals surface area contributed by atoms with E-state index in [-0.39, 0.29) is 5.84 Å². The molecular weight excluding hydrogens is 241 g/mol. The van der Waals surface area contributed by atoms with Gasteiger partial charge in [-0.2, -0.15) is 5.10 Å². The minimum atomic E-state index is 0.268. The van der Waals surface area contributed by atoms with Gasteiger partial charge in [0.05, 0.1) is 5.02 Å². The number of rotatable bonds is 1. The molecule has 64 valence electrons. The lowest BCUT2D eigenvalue weighted by atomic mass is 10.2. The highest BCUT2D eigenvalue weighted by Crippen LogP contribution is 2.22. The molecule has 0 radical (unpaired) electrons. The second-order valence-electron chi connectivity index (χ2n) is 2.14. The summed E-state index contributed by atoms with van der Waals surface area (Å²) in [5.74, 6) is 5.27. The topological polar surface area (TPSA) is 64.4 Å². The van der Waals surface area contributed by atoms with Crippen LogP contribution in [0.5, 0.6) is 0 Å². The molecule has 0 unspecified atom stereocenters. The molecule has 1 aromatic rings. The monoisotopic (exact) mass is 247 g/mol. The summed E-state index contributed by atoms with van der Waals surface area (Å²) in [6, 6.07) is 5.26. The van der Waals surface area contributed by atoms with Crippen molar-refractivity contribution >= 4 is 33.4 Å². The Morgan fingerprint density at radius 2 is 2.17 bits per heavy atom. The van der Waals surface area contributed by atoms with E-state index in [0.717, 1.165) is 4.47 Å². The highest BCUT2D eigenvalue weighted by atomic mass is 79.9. The van der Waals surface area contributed by atoms with E-state index in [0.29, 0.717) is 10.6 Å². The lowest BCUT2D eigenvalue weighted by molar-refractivity contribution is 1.23. The molecule has 0 saturated carbocycles. The zero-order valence-electron chi connectivity index (χ0n) is 6.09. The lowest BCUT2D eigenvalue weighted by Gasteiger charge is -2.00. The number of benzene rings is 1. The van der Waals surface area contributed by atoms with Crippen LogP contribution in [0.4, 0.5) is 0 Å². The van der Waals surface area contributed by atoms with Gasteiger partial charge in [0.1, 0.15) is 5.84 Å². The Bertz CT molecular complexity index is 324. The van der Waals surface area contributed by atoms with Crippen LogP contribution in [-0.2, 0) is 0 Å². The molecule has 0 aliphatic rings. The number of hydrogen-bond acceptors (Lipinski definition) is 2. The first kappa shape index (κ1) is 9.35. The molecule has 0 aliphatic heterocycles. The third-order valence-corrected chi connectivity index (χ3v) is 2.59. The molecule has 4 N–H and O–H groups in total. The maximum Gasteiger partial charge on any atom is 0.150 e. The largest absolute Gasteiger partial charge is 0.382 e. The molecule has 0 spiro atoms. The molecule has 5 heteroatoms. The highest BCUT2D eigenvalue weighted by molar-refractivity contribution is 9.10. The van der Waals surface area contributed by atoms with Crippen LogP contribution in [0.25, 0.3) is 0 Å². The molecule has 0 saturated heterocycles. The fraction of sp³-hybridized carbons (Fsp3) is 0. The third-order valence-electron chi connectivity index (χ3n) is 1.35. The van der Waals surface area contributed by atoms with Gasteiger partial charge in [0.15, 0.2) is 0 Å². The van der Waals surface area contributed by atoms with Crippen LogP contribution < -0.4 is 11.6 Å². The predicted molar refractivity (Wildman–Crippen MR) is 54.1 cm³/mol. The maximum atomic E-state index is 5.82. The van der Waals surface area contributed by atoms with Crippen molar-refractivity contribution in [3.63, 3.8) is 0 Å². The minimum absolute atomic E-state index is 0.268. The Hall–Kier alpha value is -0.740. The van der Waals surface area contributed by atoms with Crippen LogP contribution in [-0.4, -0.2) is 5.84 Å².